The summed E-state index contributed by atoms with van der Waals surface area (Å²) in [4.78, 5) is 19.7. The monoisotopic (exact) mass is 355 g/mol. The summed E-state index contributed by atoms with van der Waals surface area (Å²) in [6.45, 7) is 5.97. The van der Waals surface area contributed by atoms with Gasteiger partial charge in [-0.25, -0.2) is 4.98 Å². The number of nitrogens with zero attached hydrogens (tertiary/aromatic N) is 3. The van der Waals surface area contributed by atoms with Gasteiger partial charge in [0.15, 0.2) is 5.79 Å². The molecule has 2 saturated heterocycles. The molecule has 1 amide bonds. The summed E-state index contributed by atoms with van der Waals surface area (Å²) in [6.07, 6.45) is 3.71. The fraction of sp³-hybridized carbons (Fsp3) is 0.600. The van der Waals surface area contributed by atoms with E-state index in [4.69, 9.17) is 14.5 Å². The number of fused-ring (bicyclic) bond motifs is 3. The van der Waals surface area contributed by atoms with Crippen LogP contribution in [0.15, 0.2) is 18.2 Å². The smallest absolute Gasteiger partial charge is 0.253 e. The molecule has 2 aromatic rings. The van der Waals surface area contributed by atoms with Crippen molar-refractivity contribution in [1.82, 2.24) is 14.5 Å². The molecule has 0 radical (unpaired) electrons. The molecule has 4 heterocycles. The summed E-state index contributed by atoms with van der Waals surface area (Å²) in [7, 11) is 0. The first-order valence-electron chi connectivity index (χ1n) is 9.70. The highest BCUT2D eigenvalue weighted by Crippen LogP contribution is 2.32. The molecular formula is C20H25N3O3. The van der Waals surface area contributed by atoms with Crippen LogP contribution < -0.4 is 0 Å². The lowest BCUT2D eigenvalue weighted by Gasteiger charge is -2.37. The van der Waals surface area contributed by atoms with Crippen LogP contribution in [0.4, 0.5) is 0 Å². The van der Waals surface area contributed by atoms with Crippen LogP contribution in [-0.4, -0.2) is 52.4 Å². The van der Waals surface area contributed by atoms with E-state index in [0.717, 1.165) is 48.2 Å². The third kappa shape index (κ3) is 2.63. The van der Waals surface area contributed by atoms with Crippen LogP contribution in [0.2, 0.25) is 0 Å². The lowest BCUT2D eigenvalue weighted by atomic mass is 10.0. The normalized spacial score (nSPS) is 25.0. The molecule has 26 heavy (non-hydrogen) atoms. The lowest BCUT2D eigenvalue weighted by Crippen LogP contribution is -2.47. The highest BCUT2D eigenvalue weighted by atomic mass is 16.7. The Labute approximate surface area is 153 Å². The number of carbonyl (C=O) groups excluding carboxylic acids is 1. The largest absolute Gasteiger partial charge is 0.347 e. The summed E-state index contributed by atoms with van der Waals surface area (Å²) in [6, 6.07) is 5.97. The number of imidazole rings is 1. The molecule has 0 bridgehead atoms. The third-order valence-electron chi connectivity index (χ3n) is 6.08. The average Bonchev–Trinajstić information content (AvgIpc) is 3.25. The fourth-order valence-corrected chi connectivity index (χ4v) is 4.50. The molecule has 2 fully saturated rings. The molecule has 138 valence electrons. The quantitative estimate of drug-likeness (QED) is 0.789. The van der Waals surface area contributed by atoms with Crippen LogP contribution in [0.3, 0.4) is 0 Å². The molecular weight excluding hydrogens is 330 g/mol. The maximum absolute atomic E-state index is 13.0. The lowest BCUT2D eigenvalue weighted by molar-refractivity contribution is -0.181. The number of ether oxygens (including phenoxy) is 2. The van der Waals surface area contributed by atoms with E-state index in [1.165, 1.54) is 6.42 Å². The number of benzene rings is 1. The van der Waals surface area contributed by atoms with Gasteiger partial charge in [0.2, 0.25) is 0 Å². The number of hydrogen-bond acceptors (Lipinski definition) is 4. The first-order valence-corrected chi connectivity index (χ1v) is 9.70. The van der Waals surface area contributed by atoms with Gasteiger partial charge in [-0.3, -0.25) is 4.79 Å². The maximum atomic E-state index is 13.0. The Morgan fingerprint density at radius 2 is 1.96 bits per heavy atom. The molecule has 1 aromatic heterocycles. The molecule has 3 aliphatic heterocycles. The molecule has 5 rings (SSSR count). The maximum Gasteiger partial charge on any atom is 0.253 e. The minimum absolute atomic E-state index is 0.0825. The minimum atomic E-state index is -0.444. The van der Waals surface area contributed by atoms with Crippen molar-refractivity contribution in [2.24, 2.45) is 5.92 Å². The topological polar surface area (TPSA) is 56.6 Å². The van der Waals surface area contributed by atoms with E-state index in [2.05, 4.69) is 17.6 Å². The summed E-state index contributed by atoms with van der Waals surface area (Å²) in [5.41, 5.74) is 2.81. The Hall–Kier alpha value is -1.92. The van der Waals surface area contributed by atoms with Crippen molar-refractivity contribution in [2.45, 2.75) is 44.9 Å². The second-order valence-electron chi connectivity index (χ2n) is 7.88. The van der Waals surface area contributed by atoms with Crippen molar-refractivity contribution in [2.75, 3.05) is 26.3 Å². The van der Waals surface area contributed by atoms with Crippen molar-refractivity contribution in [3.8, 4) is 0 Å². The van der Waals surface area contributed by atoms with E-state index in [1.54, 1.807) is 0 Å². The van der Waals surface area contributed by atoms with Gasteiger partial charge < -0.3 is 18.9 Å². The third-order valence-corrected chi connectivity index (χ3v) is 6.08. The van der Waals surface area contributed by atoms with Gasteiger partial charge in [-0.1, -0.05) is 6.92 Å². The molecule has 0 aliphatic carbocycles. The Balaban J connectivity index is 1.36. The van der Waals surface area contributed by atoms with Crippen LogP contribution in [-0.2, 0) is 22.4 Å². The van der Waals surface area contributed by atoms with Gasteiger partial charge in [0.1, 0.15) is 5.82 Å². The number of piperidine rings is 1. The van der Waals surface area contributed by atoms with Gasteiger partial charge in [0.05, 0.1) is 24.2 Å². The number of aryl methyl sites for hydroxylation is 1. The molecule has 0 saturated carbocycles. The van der Waals surface area contributed by atoms with Crippen molar-refractivity contribution < 1.29 is 14.3 Å². The van der Waals surface area contributed by atoms with Crippen molar-refractivity contribution in [3.05, 3.63) is 29.6 Å². The molecule has 1 atom stereocenters. The summed E-state index contributed by atoms with van der Waals surface area (Å²) >= 11 is 0. The first kappa shape index (κ1) is 16.3. The molecule has 0 N–H and O–H groups in total. The molecule has 1 spiro atoms. The Morgan fingerprint density at radius 3 is 2.73 bits per heavy atom. The van der Waals surface area contributed by atoms with E-state index in [1.807, 2.05) is 17.0 Å². The van der Waals surface area contributed by atoms with Crippen molar-refractivity contribution in [1.29, 1.82) is 0 Å². The second-order valence-corrected chi connectivity index (χ2v) is 7.88. The molecule has 1 aromatic carbocycles. The van der Waals surface area contributed by atoms with Gasteiger partial charge in [0.25, 0.3) is 5.91 Å². The SMILES string of the molecule is CC1CCn2c(nc3cc(C(=O)N4CCC5(CC4)OCCO5)ccc32)C1. The molecule has 3 aliphatic rings. The fourth-order valence-electron chi connectivity index (χ4n) is 4.50. The summed E-state index contributed by atoms with van der Waals surface area (Å²) in [5, 5.41) is 0. The standard InChI is InChI=1S/C20H25N3O3/c1-14-4-7-23-17-3-2-15(13-16(17)21-18(23)12-14)19(24)22-8-5-20(6-9-22)25-10-11-26-20/h2-3,13-14H,4-12H2,1H3. The number of likely N-dealkylation sites (tertiary alicyclic amines) is 1. The number of rotatable bonds is 1. The molecule has 1 unspecified atom stereocenters. The second kappa shape index (κ2) is 6.06. The van der Waals surface area contributed by atoms with Gasteiger partial charge in [-0.05, 0) is 30.5 Å². The van der Waals surface area contributed by atoms with Crippen LogP contribution in [0.5, 0.6) is 0 Å². The van der Waals surface area contributed by atoms with E-state index < -0.39 is 5.79 Å². The summed E-state index contributed by atoms with van der Waals surface area (Å²) in [5.74, 6) is 1.47. The van der Waals surface area contributed by atoms with E-state index >= 15 is 0 Å². The van der Waals surface area contributed by atoms with Gasteiger partial charge in [0, 0.05) is 44.5 Å². The van der Waals surface area contributed by atoms with Gasteiger partial charge in [-0.2, -0.15) is 0 Å². The van der Waals surface area contributed by atoms with Crippen LogP contribution in [0.25, 0.3) is 11.0 Å². The van der Waals surface area contributed by atoms with Gasteiger partial charge >= 0.3 is 0 Å². The Bertz CT molecular complexity index is 843. The number of amides is 1. The first-order chi connectivity index (χ1) is 12.6. The van der Waals surface area contributed by atoms with Crippen molar-refractivity contribution >= 4 is 16.9 Å². The van der Waals surface area contributed by atoms with E-state index in [-0.39, 0.29) is 5.91 Å². The van der Waals surface area contributed by atoms with Crippen molar-refractivity contribution in [3.63, 3.8) is 0 Å². The zero-order valence-electron chi connectivity index (χ0n) is 15.2. The number of aromatic nitrogens is 2. The average molecular weight is 355 g/mol. The highest BCUT2D eigenvalue weighted by molar-refractivity contribution is 5.97. The zero-order chi connectivity index (χ0) is 17.7. The van der Waals surface area contributed by atoms with Crippen LogP contribution in [0.1, 0.15) is 42.4 Å². The predicted octanol–water partition coefficient (Wildman–Crippen LogP) is 2.60. The minimum Gasteiger partial charge on any atom is -0.347 e. The van der Waals surface area contributed by atoms with Crippen LogP contribution in [0, 0.1) is 5.92 Å². The summed E-state index contributed by atoms with van der Waals surface area (Å²) < 4.78 is 13.8. The zero-order valence-corrected chi connectivity index (χ0v) is 15.2. The predicted molar refractivity (Wildman–Crippen MR) is 97.0 cm³/mol. The highest BCUT2D eigenvalue weighted by Gasteiger charge is 2.40. The Kier molecular flexibility index (Phi) is 3.79. The number of carbonyl (C=O) groups is 1. The molecule has 6 heteroatoms. The van der Waals surface area contributed by atoms with E-state index in [0.29, 0.717) is 32.2 Å². The Morgan fingerprint density at radius 1 is 1.19 bits per heavy atom. The number of hydrogen-bond donors (Lipinski definition) is 0. The molecule has 6 nitrogen and oxygen atoms in total. The van der Waals surface area contributed by atoms with E-state index in [9.17, 15) is 4.79 Å². The van der Waals surface area contributed by atoms with Gasteiger partial charge in [-0.15, -0.1) is 0 Å². The van der Waals surface area contributed by atoms with Crippen LogP contribution >= 0.6 is 0 Å².